The zero-order chi connectivity index (χ0) is 16.0. The number of benzene rings is 1. The Hall–Kier alpha value is -2.83. The maximum atomic E-state index is 12.6. The van der Waals surface area contributed by atoms with E-state index in [9.17, 15) is 4.79 Å². The molecular formula is C16H17N5O2. The van der Waals surface area contributed by atoms with Gasteiger partial charge in [-0.3, -0.25) is 4.79 Å². The number of aromatic nitrogens is 3. The Morgan fingerprint density at radius 1 is 1.30 bits per heavy atom. The Morgan fingerprint density at radius 3 is 2.83 bits per heavy atom. The quantitative estimate of drug-likeness (QED) is 0.778. The number of hydrogen-bond donors (Lipinski definition) is 1. The molecule has 7 heteroatoms. The number of fused-ring (bicyclic) bond motifs is 3. The van der Waals surface area contributed by atoms with Crippen molar-refractivity contribution in [2.45, 2.75) is 12.8 Å². The minimum Gasteiger partial charge on any atom is -0.494 e. The fourth-order valence-electron chi connectivity index (χ4n) is 3.11. The molecule has 0 saturated carbocycles. The number of carbonyl (C=O) groups excluding carboxylic acids is 1. The van der Waals surface area contributed by atoms with Crippen LogP contribution in [0.5, 0.6) is 5.75 Å². The minimum absolute atomic E-state index is 0.0540. The van der Waals surface area contributed by atoms with Crippen molar-refractivity contribution in [1.29, 1.82) is 0 Å². The number of rotatable bonds is 2. The summed E-state index contributed by atoms with van der Waals surface area (Å²) in [4.78, 5) is 18.8. The van der Waals surface area contributed by atoms with Crippen LogP contribution in [0, 0.1) is 0 Å². The Labute approximate surface area is 132 Å². The first-order valence-corrected chi connectivity index (χ1v) is 7.60. The van der Waals surface area contributed by atoms with Crippen molar-refractivity contribution in [3.63, 3.8) is 0 Å². The number of nitrogens with two attached hydrogens (primary N) is 1. The van der Waals surface area contributed by atoms with Crippen LogP contribution in [-0.4, -0.2) is 45.6 Å². The number of amides is 1. The van der Waals surface area contributed by atoms with Crippen LogP contribution in [0.3, 0.4) is 0 Å². The van der Waals surface area contributed by atoms with Gasteiger partial charge < -0.3 is 15.4 Å². The summed E-state index contributed by atoms with van der Waals surface area (Å²) in [7, 11) is 1.59. The first-order chi connectivity index (χ1) is 11.2. The van der Waals surface area contributed by atoms with Crippen molar-refractivity contribution >= 4 is 28.3 Å². The van der Waals surface area contributed by atoms with Gasteiger partial charge in [-0.15, -0.1) is 0 Å². The molecule has 4 rings (SSSR count). The zero-order valence-corrected chi connectivity index (χ0v) is 12.8. The first-order valence-electron chi connectivity index (χ1n) is 7.60. The lowest BCUT2D eigenvalue weighted by Crippen LogP contribution is -2.27. The Balaban J connectivity index is 1.92. The monoisotopic (exact) mass is 311 g/mol. The molecule has 1 fully saturated rings. The van der Waals surface area contributed by atoms with E-state index in [2.05, 4.69) is 10.1 Å². The second-order valence-electron chi connectivity index (χ2n) is 5.65. The standard InChI is InChI=1S/C16H17N5O2/c1-23-13-6-4-5-10-12-9-11(15(22)20-7-2-3-8-20)19-21(12)16(17)18-14(10)13/h4-6,9H,2-3,7-8H2,1H3,(H2,17,18). The van der Waals surface area contributed by atoms with Gasteiger partial charge >= 0.3 is 0 Å². The minimum atomic E-state index is -0.0540. The smallest absolute Gasteiger partial charge is 0.274 e. The fraction of sp³-hybridized carbons (Fsp3) is 0.312. The van der Waals surface area contributed by atoms with Crippen LogP contribution in [0.2, 0.25) is 0 Å². The maximum absolute atomic E-state index is 12.6. The number of nitrogens with zero attached hydrogens (tertiary/aromatic N) is 4. The molecule has 1 amide bonds. The molecule has 0 unspecified atom stereocenters. The van der Waals surface area contributed by atoms with Gasteiger partial charge in [-0.05, 0) is 25.0 Å². The average Bonchev–Trinajstić information content (AvgIpc) is 3.24. The third kappa shape index (κ3) is 2.08. The highest BCUT2D eigenvalue weighted by Gasteiger charge is 2.23. The molecule has 0 aliphatic carbocycles. The van der Waals surface area contributed by atoms with Gasteiger partial charge in [0, 0.05) is 18.5 Å². The van der Waals surface area contributed by atoms with Crippen LogP contribution >= 0.6 is 0 Å². The van der Waals surface area contributed by atoms with Gasteiger partial charge in [0.1, 0.15) is 11.3 Å². The molecule has 1 aliphatic rings. The van der Waals surface area contributed by atoms with Gasteiger partial charge in [0.2, 0.25) is 5.95 Å². The van der Waals surface area contributed by atoms with E-state index in [1.54, 1.807) is 13.2 Å². The number of carbonyl (C=O) groups is 1. The zero-order valence-electron chi connectivity index (χ0n) is 12.8. The number of ether oxygens (including phenoxy) is 1. The third-order valence-electron chi connectivity index (χ3n) is 4.26. The number of hydrogen-bond acceptors (Lipinski definition) is 5. The van der Waals surface area contributed by atoms with Gasteiger partial charge in [0.15, 0.2) is 5.69 Å². The van der Waals surface area contributed by atoms with Crippen LogP contribution in [0.4, 0.5) is 5.95 Å². The van der Waals surface area contributed by atoms with E-state index in [0.29, 0.717) is 17.0 Å². The Bertz CT molecular complexity index is 912. The molecular weight excluding hydrogens is 294 g/mol. The van der Waals surface area contributed by atoms with Gasteiger partial charge in [0.05, 0.1) is 12.6 Å². The average molecular weight is 311 g/mol. The molecule has 3 heterocycles. The summed E-state index contributed by atoms with van der Waals surface area (Å²) < 4.78 is 6.86. The van der Waals surface area contributed by atoms with E-state index in [4.69, 9.17) is 10.5 Å². The summed E-state index contributed by atoms with van der Waals surface area (Å²) in [5.74, 6) is 0.824. The predicted octanol–water partition coefficient (Wildman–Crippen LogP) is 1.71. The summed E-state index contributed by atoms with van der Waals surface area (Å²) in [5.41, 5.74) is 7.85. The summed E-state index contributed by atoms with van der Waals surface area (Å²) >= 11 is 0. The van der Waals surface area contributed by atoms with Crippen molar-refractivity contribution in [1.82, 2.24) is 19.5 Å². The molecule has 1 saturated heterocycles. The topological polar surface area (TPSA) is 85.7 Å². The second kappa shape index (κ2) is 5.12. The molecule has 2 aromatic heterocycles. The van der Waals surface area contributed by atoms with E-state index in [-0.39, 0.29) is 11.9 Å². The molecule has 7 nitrogen and oxygen atoms in total. The molecule has 1 aromatic carbocycles. The highest BCUT2D eigenvalue weighted by molar-refractivity contribution is 6.01. The molecule has 118 valence electrons. The highest BCUT2D eigenvalue weighted by Crippen LogP contribution is 2.29. The van der Waals surface area contributed by atoms with Gasteiger partial charge in [-0.1, -0.05) is 12.1 Å². The van der Waals surface area contributed by atoms with E-state index in [1.807, 2.05) is 23.1 Å². The summed E-state index contributed by atoms with van der Waals surface area (Å²) in [6.45, 7) is 1.57. The highest BCUT2D eigenvalue weighted by atomic mass is 16.5. The van der Waals surface area contributed by atoms with Crippen molar-refractivity contribution < 1.29 is 9.53 Å². The van der Waals surface area contributed by atoms with Crippen molar-refractivity contribution in [2.24, 2.45) is 0 Å². The fourth-order valence-corrected chi connectivity index (χ4v) is 3.11. The van der Waals surface area contributed by atoms with Crippen LogP contribution in [-0.2, 0) is 0 Å². The lowest BCUT2D eigenvalue weighted by Gasteiger charge is -2.12. The van der Waals surface area contributed by atoms with Crippen molar-refractivity contribution in [2.75, 3.05) is 25.9 Å². The van der Waals surface area contributed by atoms with Crippen LogP contribution < -0.4 is 10.5 Å². The summed E-state index contributed by atoms with van der Waals surface area (Å²) in [5, 5.41) is 5.21. The lowest BCUT2D eigenvalue weighted by atomic mass is 10.2. The Morgan fingerprint density at radius 2 is 2.09 bits per heavy atom. The van der Waals surface area contributed by atoms with Crippen LogP contribution in [0.1, 0.15) is 23.3 Å². The lowest BCUT2D eigenvalue weighted by molar-refractivity contribution is 0.0786. The first kappa shape index (κ1) is 13.8. The number of anilines is 1. The molecule has 3 aromatic rings. The van der Waals surface area contributed by atoms with Crippen molar-refractivity contribution in [3.05, 3.63) is 30.0 Å². The van der Waals surface area contributed by atoms with Gasteiger partial charge in [-0.25, -0.2) is 4.98 Å². The largest absolute Gasteiger partial charge is 0.494 e. The number of methoxy groups -OCH3 is 1. The predicted molar refractivity (Wildman–Crippen MR) is 86.6 cm³/mol. The molecule has 23 heavy (non-hydrogen) atoms. The second-order valence-corrected chi connectivity index (χ2v) is 5.65. The van der Waals surface area contributed by atoms with Crippen molar-refractivity contribution in [3.8, 4) is 5.75 Å². The molecule has 2 N–H and O–H groups in total. The SMILES string of the molecule is COc1cccc2c1nc(N)n1nc(C(=O)N3CCCC3)cc21. The third-order valence-corrected chi connectivity index (χ3v) is 4.26. The molecule has 0 bridgehead atoms. The number of likely N-dealkylation sites (tertiary alicyclic amines) is 1. The molecule has 1 aliphatic heterocycles. The van der Waals surface area contributed by atoms with E-state index in [0.717, 1.165) is 36.8 Å². The van der Waals surface area contributed by atoms with Gasteiger partial charge in [0.25, 0.3) is 5.91 Å². The maximum Gasteiger partial charge on any atom is 0.274 e. The number of nitrogen functional groups attached to an aromatic ring is 1. The summed E-state index contributed by atoms with van der Waals surface area (Å²) in [6, 6.07) is 7.41. The van der Waals surface area contributed by atoms with E-state index < -0.39 is 0 Å². The number of para-hydroxylation sites is 1. The van der Waals surface area contributed by atoms with E-state index >= 15 is 0 Å². The van der Waals surface area contributed by atoms with Crippen LogP contribution in [0.15, 0.2) is 24.3 Å². The molecule has 0 radical (unpaired) electrons. The van der Waals surface area contributed by atoms with Gasteiger partial charge in [-0.2, -0.15) is 9.61 Å². The Kier molecular flexibility index (Phi) is 3.07. The summed E-state index contributed by atoms with van der Waals surface area (Å²) in [6.07, 6.45) is 2.09. The van der Waals surface area contributed by atoms with Crippen LogP contribution in [0.25, 0.3) is 16.4 Å². The molecule has 0 spiro atoms. The normalized spacial score (nSPS) is 14.7. The van der Waals surface area contributed by atoms with E-state index in [1.165, 1.54) is 4.52 Å². The molecule has 0 atom stereocenters.